The van der Waals surface area contributed by atoms with Crippen molar-refractivity contribution in [1.82, 2.24) is 0 Å². The fraction of sp³-hybridized carbons (Fsp3) is 0.529. The number of hydrogen-bond acceptors (Lipinski definition) is 5. The normalized spacial score (nSPS) is 25.6. The quantitative estimate of drug-likeness (QED) is 0.798. The minimum atomic E-state index is -3.34. The van der Waals surface area contributed by atoms with Crippen molar-refractivity contribution in [2.24, 2.45) is 17.3 Å². The topological polar surface area (TPSA) is 113 Å². The summed E-state index contributed by atoms with van der Waals surface area (Å²) in [5, 5.41) is 11.9. The van der Waals surface area contributed by atoms with Gasteiger partial charge in [0, 0.05) is 18.3 Å². The minimum Gasteiger partial charge on any atom is -0.494 e. The Bertz CT molecular complexity index is 864. The van der Waals surface area contributed by atoms with E-state index in [0.29, 0.717) is 30.1 Å². The number of nitrogens with one attached hydrogen (secondary N) is 1. The van der Waals surface area contributed by atoms with Crippen molar-refractivity contribution in [2.75, 3.05) is 29.0 Å². The molecule has 1 saturated heterocycles. The van der Waals surface area contributed by atoms with Crippen LogP contribution in [0.4, 0.5) is 11.4 Å². The van der Waals surface area contributed by atoms with Crippen LogP contribution in [0, 0.1) is 17.3 Å². The molecule has 142 valence electrons. The molecule has 0 radical (unpaired) electrons. The Kier molecular flexibility index (Phi) is 4.38. The summed E-state index contributed by atoms with van der Waals surface area (Å²) >= 11 is 0. The average Bonchev–Trinajstić information content (AvgIpc) is 2.97. The molecule has 2 N–H and O–H groups in total. The zero-order valence-electron chi connectivity index (χ0n) is 14.9. The van der Waals surface area contributed by atoms with Crippen molar-refractivity contribution in [3.8, 4) is 5.75 Å². The van der Waals surface area contributed by atoms with Crippen LogP contribution >= 0.6 is 0 Å². The zero-order valence-corrected chi connectivity index (χ0v) is 15.7. The highest BCUT2D eigenvalue weighted by atomic mass is 32.2. The molecule has 2 fully saturated rings. The zero-order chi connectivity index (χ0) is 19.3. The first-order chi connectivity index (χ1) is 12.1. The molecule has 26 heavy (non-hydrogen) atoms. The van der Waals surface area contributed by atoms with E-state index in [2.05, 4.69) is 5.32 Å². The van der Waals surface area contributed by atoms with Crippen molar-refractivity contribution in [1.29, 1.82) is 0 Å². The van der Waals surface area contributed by atoms with Gasteiger partial charge in [0.2, 0.25) is 15.9 Å². The van der Waals surface area contributed by atoms with Gasteiger partial charge in [0.1, 0.15) is 5.75 Å². The van der Waals surface area contributed by atoms with Crippen molar-refractivity contribution in [2.45, 2.75) is 20.3 Å². The average molecular weight is 382 g/mol. The summed E-state index contributed by atoms with van der Waals surface area (Å²) < 4.78 is 30.8. The van der Waals surface area contributed by atoms with Gasteiger partial charge in [-0.05, 0) is 24.0 Å². The maximum absolute atomic E-state index is 12.4. The number of sulfonamides is 1. The molecule has 2 atom stereocenters. The van der Waals surface area contributed by atoms with Crippen LogP contribution in [0.3, 0.4) is 0 Å². The fourth-order valence-electron chi connectivity index (χ4n) is 3.68. The number of carbonyl (C=O) groups is 2. The number of aliphatic carboxylic acids is 1. The van der Waals surface area contributed by atoms with Gasteiger partial charge in [0.05, 0.1) is 30.4 Å². The van der Waals surface area contributed by atoms with E-state index in [9.17, 15) is 23.1 Å². The Morgan fingerprint density at radius 1 is 1.31 bits per heavy atom. The molecule has 0 aromatic heterocycles. The third kappa shape index (κ3) is 3.00. The van der Waals surface area contributed by atoms with Gasteiger partial charge in [0.15, 0.2) is 0 Å². The molecule has 8 nitrogen and oxygen atoms in total. The summed E-state index contributed by atoms with van der Waals surface area (Å²) in [5.41, 5.74) is 0.265. The molecule has 1 aliphatic carbocycles. The van der Waals surface area contributed by atoms with Crippen LogP contribution in [-0.2, 0) is 19.6 Å². The van der Waals surface area contributed by atoms with Gasteiger partial charge in [-0.2, -0.15) is 0 Å². The number of carboxylic acid groups (broad SMARTS) is 1. The smallest absolute Gasteiger partial charge is 0.307 e. The van der Waals surface area contributed by atoms with Crippen molar-refractivity contribution < 1.29 is 27.9 Å². The van der Waals surface area contributed by atoms with Gasteiger partial charge in [-0.15, -0.1) is 0 Å². The number of benzene rings is 1. The maximum Gasteiger partial charge on any atom is 0.307 e. The highest BCUT2D eigenvalue weighted by molar-refractivity contribution is 7.93. The van der Waals surface area contributed by atoms with Crippen molar-refractivity contribution in [3.05, 3.63) is 18.2 Å². The number of methoxy groups -OCH3 is 1. The van der Waals surface area contributed by atoms with E-state index < -0.39 is 33.2 Å². The molecule has 3 rings (SSSR count). The summed E-state index contributed by atoms with van der Waals surface area (Å²) in [7, 11) is -1.92. The molecule has 1 heterocycles. The lowest BCUT2D eigenvalue weighted by Gasteiger charge is -2.20. The number of ether oxygens (including phenoxy) is 1. The van der Waals surface area contributed by atoms with Gasteiger partial charge in [-0.25, -0.2) is 8.42 Å². The predicted octanol–water partition coefficient (Wildman–Crippen LogP) is 1.53. The number of carbonyl (C=O) groups excluding carboxylic acids is 1. The van der Waals surface area contributed by atoms with Crippen molar-refractivity contribution >= 4 is 33.3 Å². The molecule has 0 spiro atoms. The predicted molar refractivity (Wildman–Crippen MR) is 95.8 cm³/mol. The number of amides is 1. The number of anilines is 2. The van der Waals surface area contributed by atoms with Crippen LogP contribution in [0.1, 0.15) is 20.3 Å². The Hall–Kier alpha value is -2.29. The second kappa shape index (κ2) is 6.15. The van der Waals surface area contributed by atoms with Gasteiger partial charge in [-0.3, -0.25) is 13.9 Å². The lowest BCUT2D eigenvalue weighted by molar-refractivity contribution is -0.140. The first-order valence-electron chi connectivity index (χ1n) is 8.31. The Morgan fingerprint density at radius 2 is 2.00 bits per heavy atom. The molecule has 1 saturated carbocycles. The first-order valence-corrected chi connectivity index (χ1v) is 9.92. The highest BCUT2D eigenvalue weighted by Gasteiger charge is 2.65. The molecule has 0 bridgehead atoms. The van der Waals surface area contributed by atoms with Crippen LogP contribution < -0.4 is 14.4 Å². The van der Waals surface area contributed by atoms with E-state index in [-0.39, 0.29) is 11.7 Å². The summed E-state index contributed by atoms with van der Waals surface area (Å²) in [6.07, 6.45) is 0.553. The van der Waals surface area contributed by atoms with E-state index in [1.807, 2.05) is 0 Å². The van der Waals surface area contributed by atoms with Crippen LogP contribution in [0.15, 0.2) is 18.2 Å². The molecule has 1 amide bonds. The molecular formula is C17H22N2O6S. The Balaban J connectivity index is 1.80. The number of nitrogens with zero attached hydrogens (tertiary/aromatic N) is 1. The van der Waals surface area contributed by atoms with E-state index in [0.717, 1.165) is 0 Å². The summed E-state index contributed by atoms with van der Waals surface area (Å²) in [6.45, 7) is 3.89. The largest absolute Gasteiger partial charge is 0.494 e. The maximum atomic E-state index is 12.4. The van der Waals surface area contributed by atoms with Gasteiger partial charge in [0.25, 0.3) is 0 Å². The van der Waals surface area contributed by atoms with Crippen molar-refractivity contribution in [3.63, 3.8) is 0 Å². The van der Waals surface area contributed by atoms with E-state index in [1.165, 1.54) is 11.4 Å². The van der Waals surface area contributed by atoms with Crippen LogP contribution in [0.25, 0.3) is 0 Å². The molecule has 1 aromatic carbocycles. The van der Waals surface area contributed by atoms with Gasteiger partial charge < -0.3 is 15.2 Å². The van der Waals surface area contributed by atoms with Crippen LogP contribution in [-0.4, -0.2) is 44.8 Å². The van der Waals surface area contributed by atoms with E-state index in [4.69, 9.17) is 4.74 Å². The summed E-state index contributed by atoms with van der Waals surface area (Å²) in [6, 6.07) is 4.73. The van der Waals surface area contributed by atoms with E-state index >= 15 is 0 Å². The minimum absolute atomic E-state index is 0.0992. The molecule has 0 unspecified atom stereocenters. The number of rotatable bonds is 5. The third-order valence-electron chi connectivity index (χ3n) is 5.19. The van der Waals surface area contributed by atoms with Gasteiger partial charge >= 0.3 is 5.97 Å². The first kappa shape index (κ1) is 18.5. The second-order valence-corrected chi connectivity index (χ2v) is 9.25. The molecule has 2 aliphatic rings. The van der Waals surface area contributed by atoms with Crippen LogP contribution in [0.5, 0.6) is 5.75 Å². The Morgan fingerprint density at radius 3 is 2.50 bits per heavy atom. The monoisotopic (exact) mass is 382 g/mol. The highest BCUT2D eigenvalue weighted by Crippen LogP contribution is 2.58. The van der Waals surface area contributed by atoms with Gasteiger partial charge in [-0.1, -0.05) is 13.8 Å². The Labute approximate surface area is 152 Å². The summed E-state index contributed by atoms with van der Waals surface area (Å²) in [5.74, 6) is -2.24. The third-order valence-corrected chi connectivity index (χ3v) is 7.05. The number of hydrogen-bond donors (Lipinski definition) is 2. The lowest BCUT2D eigenvalue weighted by atomic mass is 10.1. The van der Waals surface area contributed by atoms with Crippen LogP contribution in [0.2, 0.25) is 0 Å². The molecule has 1 aliphatic heterocycles. The van der Waals surface area contributed by atoms with E-state index in [1.54, 1.807) is 32.0 Å². The molecular weight excluding hydrogens is 360 g/mol. The SMILES string of the molecule is COc1cc(NC(=O)[C@@H]2[C@@H](C(=O)O)C2(C)C)ccc1N1CCCS1(=O)=O. The molecule has 1 aromatic rings. The lowest BCUT2D eigenvalue weighted by Crippen LogP contribution is -2.25. The second-order valence-electron chi connectivity index (χ2n) is 7.23. The number of carboxylic acids is 1. The fourth-order valence-corrected chi connectivity index (χ4v) is 5.25. The summed E-state index contributed by atoms with van der Waals surface area (Å²) in [4.78, 5) is 23.7. The molecule has 9 heteroatoms. The standard InChI is InChI=1S/C17H22N2O6S/c1-17(2)13(14(17)16(21)22)15(20)18-10-5-6-11(12(9-10)25-3)19-7-4-8-26(19,23)24/h5-6,9,13-14H,4,7-8H2,1-3H3,(H,18,20)(H,21,22)/t13-,14-/m0/s1.